The standard InChI is InChI=1S/C25H29NO3/c1-17-14-20(16-28-19-12-10-18(11-13-19)24(2,3)4)29-25(15-17)21-8-6-7-9-22(21)26(5)23(25)27/h6-14,20H,15-16H2,1-5H3/t20-,25+/m1/s1. The Bertz CT molecular complexity index is 955. The fraction of sp³-hybridized carbons (Fsp3) is 0.400. The number of para-hydroxylation sites is 1. The van der Waals surface area contributed by atoms with Crippen molar-refractivity contribution in [3.63, 3.8) is 0 Å². The third-order valence-electron chi connectivity index (χ3n) is 5.84. The van der Waals surface area contributed by atoms with Gasteiger partial charge in [-0.1, -0.05) is 62.8 Å². The molecule has 0 unspecified atom stereocenters. The zero-order chi connectivity index (χ0) is 20.8. The topological polar surface area (TPSA) is 38.8 Å². The van der Waals surface area contributed by atoms with Gasteiger partial charge in [-0.25, -0.2) is 0 Å². The predicted octanol–water partition coefficient (Wildman–Crippen LogP) is 4.97. The van der Waals surface area contributed by atoms with Gasteiger partial charge in [0.25, 0.3) is 5.91 Å². The van der Waals surface area contributed by atoms with E-state index in [2.05, 4.69) is 45.9 Å². The minimum absolute atomic E-state index is 0.00863. The highest BCUT2D eigenvalue weighted by Crippen LogP contribution is 2.48. The average molecular weight is 392 g/mol. The zero-order valence-corrected chi connectivity index (χ0v) is 17.9. The second-order valence-electron chi connectivity index (χ2n) is 9.14. The van der Waals surface area contributed by atoms with E-state index in [1.165, 1.54) is 5.56 Å². The summed E-state index contributed by atoms with van der Waals surface area (Å²) in [5, 5.41) is 0. The number of carbonyl (C=O) groups is 1. The molecule has 0 saturated carbocycles. The van der Waals surface area contributed by atoms with Gasteiger partial charge in [-0.15, -0.1) is 0 Å². The van der Waals surface area contributed by atoms with Gasteiger partial charge in [0.05, 0.1) is 5.69 Å². The van der Waals surface area contributed by atoms with Crippen LogP contribution in [-0.4, -0.2) is 25.7 Å². The van der Waals surface area contributed by atoms with Crippen LogP contribution in [0.15, 0.2) is 60.2 Å². The fourth-order valence-electron chi connectivity index (χ4n) is 4.30. The Labute approximate surface area is 173 Å². The van der Waals surface area contributed by atoms with Crippen molar-refractivity contribution in [3.8, 4) is 5.75 Å². The molecule has 4 rings (SSSR count). The molecule has 0 radical (unpaired) electrons. The van der Waals surface area contributed by atoms with Gasteiger partial charge in [0.1, 0.15) is 18.5 Å². The third-order valence-corrected chi connectivity index (χ3v) is 5.84. The molecule has 29 heavy (non-hydrogen) atoms. The molecule has 2 aliphatic rings. The normalized spacial score (nSPS) is 23.9. The molecule has 0 fully saturated rings. The molecule has 152 valence electrons. The monoisotopic (exact) mass is 391 g/mol. The second kappa shape index (κ2) is 7.03. The lowest BCUT2D eigenvalue weighted by molar-refractivity contribution is -0.153. The summed E-state index contributed by atoms with van der Waals surface area (Å²) in [6.07, 6.45) is 2.36. The molecule has 0 N–H and O–H groups in total. The molecular weight excluding hydrogens is 362 g/mol. The van der Waals surface area contributed by atoms with Crippen LogP contribution < -0.4 is 9.64 Å². The van der Waals surface area contributed by atoms with Crippen molar-refractivity contribution < 1.29 is 14.3 Å². The smallest absolute Gasteiger partial charge is 0.264 e. The summed E-state index contributed by atoms with van der Waals surface area (Å²) in [4.78, 5) is 14.9. The lowest BCUT2D eigenvalue weighted by atomic mass is 9.85. The Morgan fingerprint density at radius 2 is 1.83 bits per heavy atom. The minimum atomic E-state index is -0.950. The Balaban J connectivity index is 1.53. The summed E-state index contributed by atoms with van der Waals surface area (Å²) >= 11 is 0. The van der Waals surface area contributed by atoms with E-state index < -0.39 is 5.60 Å². The van der Waals surface area contributed by atoms with Gasteiger partial charge >= 0.3 is 0 Å². The van der Waals surface area contributed by atoms with Crippen LogP contribution in [0.3, 0.4) is 0 Å². The SMILES string of the molecule is CC1=C[C@H](COc2ccc(C(C)(C)C)cc2)O[C@]2(C1)C(=O)N(C)c1ccccc12. The maximum Gasteiger partial charge on any atom is 0.264 e. The van der Waals surface area contributed by atoms with E-state index in [1.54, 1.807) is 4.90 Å². The minimum Gasteiger partial charge on any atom is -0.491 e. The molecule has 0 aliphatic carbocycles. The van der Waals surface area contributed by atoms with Gasteiger partial charge < -0.3 is 14.4 Å². The number of benzene rings is 2. The van der Waals surface area contributed by atoms with E-state index in [4.69, 9.17) is 9.47 Å². The van der Waals surface area contributed by atoms with Crippen molar-refractivity contribution in [3.05, 3.63) is 71.3 Å². The van der Waals surface area contributed by atoms with Gasteiger partial charge in [0.15, 0.2) is 5.60 Å². The Hall–Kier alpha value is -2.59. The van der Waals surface area contributed by atoms with Crippen LogP contribution in [0.1, 0.15) is 45.2 Å². The molecule has 0 aromatic heterocycles. The van der Waals surface area contributed by atoms with Crippen LogP contribution in [0.2, 0.25) is 0 Å². The van der Waals surface area contributed by atoms with E-state index in [1.807, 2.05) is 43.4 Å². The van der Waals surface area contributed by atoms with E-state index in [-0.39, 0.29) is 17.4 Å². The first kappa shape index (κ1) is 19.7. The van der Waals surface area contributed by atoms with Gasteiger partial charge in [-0.05, 0) is 36.1 Å². The number of hydrogen-bond donors (Lipinski definition) is 0. The van der Waals surface area contributed by atoms with E-state index >= 15 is 0 Å². The lowest BCUT2D eigenvalue weighted by Gasteiger charge is -2.36. The van der Waals surface area contributed by atoms with E-state index in [9.17, 15) is 4.79 Å². The summed E-state index contributed by atoms with van der Waals surface area (Å²) in [5.74, 6) is 0.799. The zero-order valence-electron chi connectivity index (χ0n) is 17.9. The molecular formula is C25H29NO3. The number of likely N-dealkylation sites (N-methyl/N-ethyl adjacent to an activating group) is 1. The molecule has 2 aliphatic heterocycles. The number of carbonyl (C=O) groups excluding carboxylic acids is 1. The van der Waals surface area contributed by atoms with Crippen molar-refractivity contribution in [1.82, 2.24) is 0 Å². The first-order valence-electron chi connectivity index (χ1n) is 10.2. The average Bonchev–Trinajstić information content (AvgIpc) is 2.88. The van der Waals surface area contributed by atoms with Gasteiger partial charge in [-0.3, -0.25) is 4.79 Å². The summed E-state index contributed by atoms with van der Waals surface area (Å²) in [7, 11) is 1.81. The van der Waals surface area contributed by atoms with E-state index in [0.717, 1.165) is 22.6 Å². The first-order valence-corrected chi connectivity index (χ1v) is 10.2. The van der Waals surface area contributed by atoms with Gasteiger partial charge in [0, 0.05) is 19.0 Å². The van der Waals surface area contributed by atoms with Crippen LogP contribution >= 0.6 is 0 Å². The van der Waals surface area contributed by atoms with Gasteiger partial charge in [0.2, 0.25) is 0 Å². The number of anilines is 1. The molecule has 2 aromatic carbocycles. The van der Waals surface area contributed by atoms with Gasteiger partial charge in [-0.2, -0.15) is 0 Å². The molecule has 0 saturated heterocycles. The molecule has 4 nitrogen and oxygen atoms in total. The summed E-state index contributed by atoms with van der Waals surface area (Å²) in [6, 6.07) is 16.1. The van der Waals surface area contributed by atoms with Crippen molar-refractivity contribution in [2.75, 3.05) is 18.6 Å². The number of ether oxygens (including phenoxy) is 2. The van der Waals surface area contributed by atoms with Crippen LogP contribution in [0.4, 0.5) is 5.69 Å². The Morgan fingerprint density at radius 3 is 2.52 bits per heavy atom. The summed E-state index contributed by atoms with van der Waals surface area (Å²) in [6.45, 7) is 9.01. The lowest BCUT2D eigenvalue weighted by Crippen LogP contribution is -2.46. The molecule has 2 heterocycles. The van der Waals surface area contributed by atoms with Crippen LogP contribution in [0.25, 0.3) is 0 Å². The maximum absolute atomic E-state index is 13.2. The number of nitrogens with zero attached hydrogens (tertiary/aromatic N) is 1. The largest absolute Gasteiger partial charge is 0.491 e. The molecule has 1 amide bonds. The number of fused-ring (bicyclic) bond motifs is 2. The number of rotatable bonds is 3. The highest BCUT2D eigenvalue weighted by molar-refractivity contribution is 6.07. The summed E-state index contributed by atoms with van der Waals surface area (Å²) in [5.41, 5.74) is 3.44. The Morgan fingerprint density at radius 1 is 1.14 bits per heavy atom. The molecule has 2 atom stereocenters. The molecule has 0 bridgehead atoms. The summed E-state index contributed by atoms with van der Waals surface area (Å²) < 4.78 is 12.4. The number of amides is 1. The van der Waals surface area contributed by atoms with Crippen molar-refractivity contribution >= 4 is 11.6 Å². The Kier molecular flexibility index (Phi) is 4.78. The van der Waals surface area contributed by atoms with Crippen molar-refractivity contribution in [1.29, 1.82) is 0 Å². The van der Waals surface area contributed by atoms with Crippen LogP contribution in [0, 0.1) is 0 Å². The van der Waals surface area contributed by atoms with E-state index in [0.29, 0.717) is 13.0 Å². The number of hydrogen-bond acceptors (Lipinski definition) is 3. The van der Waals surface area contributed by atoms with Crippen molar-refractivity contribution in [2.45, 2.75) is 51.2 Å². The third kappa shape index (κ3) is 3.46. The molecule has 1 spiro atoms. The molecule has 2 aromatic rings. The second-order valence-corrected chi connectivity index (χ2v) is 9.14. The maximum atomic E-state index is 13.2. The fourth-order valence-corrected chi connectivity index (χ4v) is 4.30. The van der Waals surface area contributed by atoms with Crippen molar-refractivity contribution in [2.24, 2.45) is 0 Å². The highest BCUT2D eigenvalue weighted by Gasteiger charge is 2.53. The van der Waals surface area contributed by atoms with Crippen LogP contribution in [-0.2, 0) is 20.5 Å². The molecule has 4 heteroatoms. The predicted molar refractivity (Wildman–Crippen MR) is 115 cm³/mol. The quantitative estimate of drug-likeness (QED) is 0.694. The first-order chi connectivity index (χ1) is 13.7. The highest BCUT2D eigenvalue weighted by atomic mass is 16.6. The van der Waals surface area contributed by atoms with Crippen LogP contribution in [0.5, 0.6) is 5.75 Å².